The molecule has 86 valence electrons. The molecule has 2 rings (SSSR count). The van der Waals surface area contributed by atoms with Gasteiger partial charge in [0, 0.05) is 12.3 Å². The van der Waals surface area contributed by atoms with Gasteiger partial charge in [0.25, 0.3) is 0 Å². The number of halogens is 2. The SMILES string of the molecule is Cc1cccnc1C(=O)c1ccc(F)cc1F. The summed E-state index contributed by atoms with van der Waals surface area (Å²) in [5, 5.41) is 0. The van der Waals surface area contributed by atoms with E-state index >= 15 is 0 Å². The standard InChI is InChI=1S/C13H9F2NO/c1-8-3-2-6-16-12(8)13(17)10-5-4-9(14)7-11(10)15/h2-7H,1H3. The second-order valence-corrected chi connectivity index (χ2v) is 3.62. The van der Waals surface area contributed by atoms with Crippen molar-refractivity contribution >= 4 is 5.78 Å². The minimum absolute atomic E-state index is 0.173. The van der Waals surface area contributed by atoms with Crippen LogP contribution in [0.25, 0.3) is 0 Å². The Kier molecular flexibility index (Phi) is 2.95. The van der Waals surface area contributed by atoms with Crippen LogP contribution in [0, 0.1) is 18.6 Å². The Morgan fingerprint density at radius 2 is 2.00 bits per heavy atom. The molecule has 0 spiro atoms. The van der Waals surface area contributed by atoms with E-state index in [1.165, 1.54) is 6.20 Å². The van der Waals surface area contributed by atoms with Crippen molar-refractivity contribution in [2.75, 3.05) is 0 Å². The van der Waals surface area contributed by atoms with Crippen LogP contribution in [0.15, 0.2) is 36.5 Å². The molecule has 2 nitrogen and oxygen atoms in total. The molecule has 0 saturated carbocycles. The first-order chi connectivity index (χ1) is 8.09. The molecule has 4 heteroatoms. The zero-order valence-corrected chi connectivity index (χ0v) is 9.08. The van der Waals surface area contributed by atoms with Crippen LogP contribution in [0.2, 0.25) is 0 Å². The fourth-order valence-electron chi connectivity index (χ4n) is 1.52. The predicted molar refractivity (Wildman–Crippen MR) is 58.8 cm³/mol. The van der Waals surface area contributed by atoms with Crippen LogP contribution in [0.4, 0.5) is 8.78 Å². The fraction of sp³-hybridized carbons (Fsp3) is 0.0769. The molecular formula is C13H9F2NO. The summed E-state index contributed by atoms with van der Waals surface area (Å²) < 4.78 is 26.2. The lowest BCUT2D eigenvalue weighted by molar-refractivity contribution is 0.103. The summed E-state index contributed by atoms with van der Waals surface area (Å²) >= 11 is 0. The maximum absolute atomic E-state index is 13.4. The van der Waals surface area contributed by atoms with Crippen molar-refractivity contribution in [2.24, 2.45) is 0 Å². The van der Waals surface area contributed by atoms with Gasteiger partial charge in [0.1, 0.15) is 17.3 Å². The van der Waals surface area contributed by atoms with Crippen LogP contribution in [0.1, 0.15) is 21.6 Å². The number of rotatable bonds is 2. The molecule has 17 heavy (non-hydrogen) atoms. The Labute approximate surface area is 96.9 Å². The number of aryl methyl sites for hydroxylation is 1. The van der Waals surface area contributed by atoms with E-state index in [1.54, 1.807) is 19.1 Å². The van der Waals surface area contributed by atoms with Gasteiger partial charge in [-0.1, -0.05) is 6.07 Å². The van der Waals surface area contributed by atoms with Crippen molar-refractivity contribution in [1.82, 2.24) is 4.98 Å². The van der Waals surface area contributed by atoms with Gasteiger partial charge in [-0.3, -0.25) is 9.78 Å². The van der Waals surface area contributed by atoms with E-state index in [-0.39, 0.29) is 11.3 Å². The molecule has 0 aliphatic carbocycles. The van der Waals surface area contributed by atoms with E-state index in [0.29, 0.717) is 11.6 Å². The van der Waals surface area contributed by atoms with Gasteiger partial charge in [-0.15, -0.1) is 0 Å². The number of carbonyl (C=O) groups excluding carboxylic acids is 1. The lowest BCUT2D eigenvalue weighted by Gasteiger charge is -2.04. The van der Waals surface area contributed by atoms with E-state index in [1.807, 2.05) is 0 Å². The normalized spacial score (nSPS) is 10.3. The van der Waals surface area contributed by atoms with Crippen molar-refractivity contribution < 1.29 is 13.6 Å². The molecule has 0 saturated heterocycles. The second kappa shape index (κ2) is 4.41. The molecule has 0 amide bonds. The lowest BCUT2D eigenvalue weighted by atomic mass is 10.0. The van der Waals surface area contributed by atoms with Gasteiger partial charge in [-0.2, -0.15) is 0 Å². The van der Waals surface area contributed by atoms with Crippen LogP contribution in [0.3, 0.4) is 0 Å². The molecule has 0 bridgehead atoms. The number of aromatic nitrogens is 1. The highest BCUT2D eigenvalue weighted by molar-refractivity contribution is 6.08. The summed E-state index contributed by atoms with van der Waals surface area (Å²) in [7, 11) is 0. The quantitative estimate of drug-likeness (QED) is 0.746. The Balaban J connectivity index is 2.48. The average molecular weight is 233 g/mol. The summed E-state index contributed by atoms with van der Waals surface area (Å²) in [4.78, 5) is 15.9. The molecular weight excluding hydrogens is 224 g/mol. The van der Waals surface area contributed by atoms with Crippen molar-refractivity contribution in [2.45, 2.75) is 6.92 Å². The van der Waals surface area contributed by atoms with E-state index < -0.39 is 17.4 Å². The van der Waals surface area contributed by atoms with Gasteiger partial charge < -0.3 is 0 Å². The van der Waals surface area contributed by atoms with E-state index in [4.69, 9.17) is 0 Å². The number of ketones is 1. The molecule has 0 radical (unpaired) electrons. The Bertz CT molecular complexity index is 581. The third-order valence-electron chi connectivity index (χ3n) is 2.40. The van der Waals surface area contributed by atoms with Crippen LogP contribution < -0.4 is 0 Å². The highest BCUT2D eigenvalue weighted by Gasteiger charge is 2.17. The van der Waals surface area contributed by atoms with Crippen molar-refractivity contribution in [1.29, 1.82) is 0 Å². The third-order valence-corrected chi connectivity index (χ3v) is 2.40. The molecule has 1 aromatic heterocycles. The van der Waals surface area contributed by atoms with Gasteiger partial charge >= 0.3 is 0 Å². The fourth-order valence-corrected chi connectivity index (χ4v) is 1.52. The highest BCUT2D eigenvalue weighted by Crippen LogP contribution is 2.15. The van der Waals surface area contributed by atoms with Gasteiger partial charge in [-0.05, 0) is 30.7 Å². The van der Waals surface area contributed by atoms with Crippen molar-refractivity contribution in [3.63, 3.8) is 0 Å². The topological polar surface area (TPSA) is 30.0 Å². The van der Waals surface area contributed by atoms with Gasteiger partial charge in [0.2, 0.25) is 5.78 Å². The van der Waals surface area contributed by atoms with E-state index in [0.717, 1.165) is 12.1 Å². The first-order valence-corrected chi connectivity index (χ1v) is 5.01. The first kappa shape index (κ1) is 11.4. The monoisotopic (exact) mass is 233 g/mol. The summed E-state index contributed by atoms with van der Waals surface area (Å²) in [6.07, 6.45) is 1.46. The number of benzene rings is 1. The molecule has 0 aliphatic heterocycles. The first-order valence-electron chi connectivity index (χ1n) is 5.01. The van der Waals surface area contributed by atoms with Crippen LogP contribution in [-0.4, -0.2) is 10.8 Å². The molecule has 2 aromatic rings. The van der Waals surface area contributed by atoms with Gasteiger partial charge in [0.05, 0.1) is 5.56 Å². The number of pyridine rings is 1. The van der Waals surface area contributed by atoms with Crippen LogP contribution in [0.5, 0.6) is 0 Å². The molecule has 0 N–H and O–H groups in total. The van der Waals surface area contributed by atoms with E-state index in [9.17, 15) is 13.6 Å². The summed E-state index contributed by atoms with van der Waals surface area (Å²) in [6.45, 7) is 1.71. The number of hydrogen-bond acceptors (Lipinski definition) is 2. The summed E-state index contributed by atoms with van der Waals surface area (Å²) in [6, 6.07) is 6.26. The smallest absolute Gasteiger partial charge is 0.214 e. The van der Waals surface area contributed by atoms with Crippen molar-refractivity contribution in [3.8, 4) is 0 Å². The highest BCUT2D eigenvalue weighted by atomic mass is 19.1. The lowest BCUT2D eigenvalue weighted by Crippen LogP contribution is -2.08. The number of carbonyl (C=O) groups is 1. The van der Waals surface area contributed by atoms with Crippen LogP contribution >= 0.6 is 0 Å². The summed E-state index contributed by atoms with van der Waals surface area (Å²) in [5.41, 5.74) is 0.660. The molecule has 0 unspecified atom stereocenters. The average Bonchev–Trinajstić information content (AvgIpc) is 2.29. The Morgan fingerprint density at radius 3 is 2.65 bits per heavy atom. The minimum atomic E-state index is -0.875. The second-order valence-electron chi connectivity index (χ2n) is 3.62. The molecule has 1 aromatic carbocycles. The zero-order valence-electron chi connectivity index (χ0n) is 9.08. The van der Waals surface area contributed by atoms with Crippen LogP contribution in [-0.2, 0) is 0 Å². The minimum Gasteiger partial charge on any atom is -0.287 e. The predicted octanol–water partition coefficient (Wildman–Crippen LogP) is 2.90. The Hall–Kier alpha value is -2.10. The molecule has 1 heterocycles. The summed E-state index contributed by atoms with van der Waals surface area (Å²) in [5.74, 6) is -2.13. The maximum atomic E-state index is 13.4. The van der Waals surface area contributed by atoms with Gasteiger partial charge in [0.15, 0.2) is 0 Å². The number of nitrogens with zero attached hydrogens (tertiary/aromatic N) is 1. The van der Waals surface area contributed by atoms with Gasteiger partial charge in [-0.25, -0.2) is 8.78 Å². The molecule has 0 atom stereocenters. The Morgan fingerprint density at radius 1 is 1.24 bits per heavy atom. The number of hydrogen-bond donors (Lipinski definition) is 0. The van der Waals surface area contributed by atoms with Crippen molar-refractivity contribution in [3.05, 3.63) is 65.0 Å². The zero-order chi connectivity index (χ0) is 12.4. The third kappa shape index (κ3) is 2.20. The molecule has 0 aliphatic rings. The maximum Gasteiger partial charge on any atom is 0.214 e. The molecule has 0 fully saturated rings. The van der Waals surface area contributed by atoms with E-state index in [2.05, 4.69) is 4.98 Å². The largest absolute Gasteiger partial charge is 0.287 e.